The minimum Gasteiger partial charge on any atom is -0.468 e. The minimum atomic E-state index is 0.228. The van der Waals surface area contributed by atoms with Crippen molar-refractivity contribution in [2.24, 2.45) is 0 Å². The highest BCUT2D eigenvalue weighted by Crippen LogP contribution is 2.31. The zero-order valence-electron chi connectivity index (χ0n) is 12.2. The van der Waals surface area contributed by atoms with E-state index in [9.17, 15) is 0 Å². The summed E-state index contributed by atoms with van der Waals surface area (Å²) < 4.78 is 7.39. The number of hydrogen-bond donors (Lipinski definition) is 1. The predicted molar refractivity (Wildman–Crippen MR) is 81.2 cm³/mol. The molecule has 3 rings (SSSR count). The monoisotopic (exact) mass is 307 g/mol. The van der Waals surface area contributed by atoms with Gasteiger partial charge in [-0.15, -0.1) is 5.10 Å². The summed E-state index contributed by atoms with van der Waals surface area (Å²) in [7, 11) is 0. The fraction of sp³-hybridized carbons (Fsp3) is 0.643. The Bertz CT molecular complexity index is 535. The number of hydrogen-bond acceptors (Lipinski definition) is 6. The maximum atomic E-state index is 5.38. The van der Waals surface area contributed by atoms with Gasteiger partial charge in [0.2, 0.25) is 5.16 Å². The van der Waals surface area contributed by atoms with Gasteiger partial charge in [-0.2, -0.15) is 0 Å². The minimum absolute atomic E-state index is 0.228. The fourth-order valence-corrected chi connectivity index (χ4v) is 3.53. The lowest BCUT2D eigenvalue weighted by Crippen LogP contribution is -2.21. The predicted octanol–water partition coefficient (Wildman–Crippen LogP) is 2.82. The molecule has 2 heterocycles. The maximum Gasteiger partial charge on any atom is 0.209 e. The molecule has 1 N–H and O–H groups in total. The van der Waals surface area contributed by atoms with Crippen LogP contribution in [-0.4, -0.2) is 32.5 Å². The molecule has 2 aromatic heterocycles. The average Bonchev–Trinajstić information content (AvgIpc) is 3.25. The summed E-state index contributed by atoms with van der Waals surface area (Å²) in [5, 5.41) is 16.5. The summed E-state index contributed by atoms with van der Waals surface area (Å²) in [6, 6.07) is 4.63. The average molecular weight is 307 g/mol. The summed E-state index contributed by atoms with van der Waals surface area (Å²) in [5.41, 5.74) is 0. The third-order valence-corrected chi connectivity index (χ3v) is 4.82. The largest absolute Gasteiger partial charge is 0.468 e. The van der Waals surface area contributed by atoms with Crippen LogP contribution in [0.1, 0.15) is 50.5 Å². The lowest BCUT2D eigenvalue weighted by atomic mass is 10.2. The number of aromatic nitrogens is 4. The molecule has 0 aromatic carbocycles. The van der Waals surface area contributed by atoms with Crippen molar-refractivity contribution in [1.29, 1.82) is 0 Å². The number of furan rings is 1. The molecular weight excluding hydrogens is 286 g/mol. The third-order valence-electron chi connectivity index (χ3n) is 3.89. The first-order valence-corrected chi connectivity index (χ1v) is 8.50. The van der Waals surface area contributed by atoms with Crippen LogP contribution in [0.5, 0.6) is 0 Å². The van der Waals surface area contributed by atoms with Gasteiger partial charge in [-0.25, -0.2) is 4.68 Å². The summed E-state index contributed by atoms with van der Waals surface area (Å²) in [6.45, 7) is 3.00. The molecule has 1 unspecified atom stereocenters. The Morgan fingerprint density at radius 3 is 3.10 bits per heavy atom. The molecule has 0 aliphatic heterocycles. The SMILES string of the molecule is CC(NCCSc1nnnn1C1CCCC1)c1ccco1. The molecule has 0 amide bonds. The standard InChI is InChI=1S/C14H21N5OS/c1-11(13-7-4-9-20-13)15-8-10-21-14-16-17-18-19(14)12-5-2-3-6-12/h4,7,9,11-12,15H,2-3,5-6,8,10H2,1H3. The van der Waals surface area contributed by atoms with Crippen LogP contribution in [0.2, 0.25) is 0 Å². The molecule has 2 aromatic rings. The Morgan fingerprint density at radius 2 is 2.33 bits per heavy atom. The summed E-state index contributed by atoms with van der Waals surface area (Å²) >= 11 is 1.71. The van der Waals surface area contributed by atoms with Crippen molar-refractivity contribution in [3.05, 3.63) is 24.2 Å². The molecule has 6 nitrogen and oxygen atoms in total. The van der Waals surface area contributed by atoms with Gasteiger partial charge < -0.3 is 9.73 Å². The zero-order valence-corrected chi connectivity index (χ0v) is 13.1. The highest BCUT2D eigenvalue weighted by atomic mass is 32.2. The van der Waals surface area contributed by atoms with Crippen molar-refractivity contribution in [1.82, 2.24) is 25.5 Å². The van der Waals surface area contributed by atoms with Crippen molar-refractivity contribution in [3.63, 3.8) is 0 Å². The van der Waals surface area contributed by atoms with E-state index < -0.39 is 0 Å². The molecule has 114 valence electrons. The van der Waals surface area contributed by atoms with E-state index >= 15 is 0 Å². The first-order valence-electron chi connectivity index (χ1n) is 7.52. The molecule has 1 atom stereocenters. The van der Waals surface area contributed by atoms with Crippen LogP contribution in [0.4, 0.5) is 0 Å². The van der Waals surface area contributed by atoms with Crippen LogP contribution >= 0.6 is 11.8 Å². The Labute approximate surface area is 128 Å². The Hall–Kier alpha value is -1.34. The Kier molecular flexibility index (Phi) is 4.92. The van der Waals surface area contributed by atoms with Gasteiger partial charge in [0.1, 0.15) is 5.76 Å². The van der Waals surface area contributed by atoms with Gasteiger partial charge in [0.25, 0.3) is 0 Å². The van der Waals surface area contributed by atoms with Gasteiger partial charge in [-0.3, -0.25) is 0 Å². The van der Waals surface area contributed by atoms with E-state index in [0.29, 0.717) is 6.04 Å². The van der Waals surface area contributed by atoms with E-state index in [1.807, 2.05) is 16.8 Å². The Morgan fingerprint density at radius 1 is 1.48 bits per heavy atom. The lowest BCUT2D eigenvalue weighted by molar-refractivity contribution is 0.422. The van der Waals surface area contributed by atoms with E-state index in [2.05, 4.69) is 27.8 Å². The zero-order chi connectivity index (χ0) is 14.5. The highest BCUT2D eigenvalue weighted by Gasteiger charge is 2.21. The molecule has 1 saturated carbocycles. The normalized spacial score (nSPS) is 17.4. The maximum absolute atomic E-state index is 5.38. The summed E-state index contributed by atoms with van der Waals surface area (Å²) in [5.74, 6) is 1.91. The molecule has 0 bridgehead atoms. The second-order valence-electron chi connectivity index (χ2n) is 5.38. The van der Waals surface area contributed by atoms with E-state index in [4.69, 9.17) is 4.42 Å². The van der Waals surface area contributed by atoms with Crippen LogP contribution in [0, 0.1) is 0 Å². The second-order valence-corrected chi connectivity index (χ2v) is 6.45. The number of nitrogens with one attached hydrogen (secondary N) is 1. The van der Waals surface area contributed by atoms with Crippen LogP contribution in [0.25, 0.3) is 0 Å². The highest BCUT2D eigenvalue weighted by molar-refractivity contribution is 7.99. The van der Waals surface area contributed by atoms with Gasteiger partial charge >= 0.3 is 0 Å². The first kappa shape index (κ1) is 14.6. The Balaban J connectivity index is 1.44. The van der Waals surface area contributed by atoms with Crippen LogP contribution in [-0.2, 0) is 0 Å². The first-order chi connectivity index (χ1) is 10.3. The molecule has 0 radical (unpaired) electrons. The van der Waals surface area contributed by atoms with Crippen molar-refractivity contribution in [2.45, 2.75) is 49.8 Å². The smallest absolute Gasteiger partial charge is 0.209 e. The van der Waals surface area contributed by atoms with Crippen LogP contribution in [0.3, 0.4) is 0 Å². The molecule has 0 saturated heterocycles. The topological polar surface area (TPSA) is 68.8 Å². The van der Waals surface area contributed by atoms with Crippen molar-refractivity contribution in [3.8, 4) is 0 Å². The van der Waals surface area contributed by atoms with Gasteiger partial charge in [0, 0.05) is 12.3 Å². The molecular formula is C14H21N5OS. The van der Waals surface area contributed by atoms with Crippen molar-refractivity contribution >= 4 is 11.8 Å². The molecule has 1 fully saturated rings. The van der Waals surface area contributed by atoms with E-state index in [-0.39, 0.29) is 6.04 Å². The van der Waals surface area contributed by atoms with E-state index in [1.165, 1.54) is 25.7 Å². The molecule has 1 aliphatic carbocycles. The fourth-order valence-electron chi connectivity index (χ4n) is 2.71. The number of nitrogens with zero attached hydrogens (tertiary/aromatic N) is 4. The summed E-state index contributed by atoms with van der Waals surface area (Å²) in [6.07, 6.45) is 6.68. The number of tetrazole rings is 1. The quantitative estimate of drug-likeness (QED) is 0.626. The summed E-state index contributed by atoms with van der Waals surface area (Å²) in [4.78, 5) is 0. The van der Waals surface area contributed by atoms with Crippen molar-refractivity contribution in [2.75, 3.05) is 12.3 Å². The van der Waals surface area contributed by atoms with Gasteiger partial charge in [0.15, 0.2) is 0 Å². The van der Waals surface area contributed by atoms with E-state index in [0.717, 1.165) is 23.2 Å². The number of thioether (sulfide) groups is 1. The molecule has 7 heteroatoms. The van der Waals surface area contributed by atoms with E-state index in [1.54, 1.807) is 18.0 Å². The van der Waals surface area contributed by atoms with Crippen LogP contribution < -0.4 is 5.32 Å². The third kappa shape index (κ3) is 3.65. The molecule has 21 heavy (non-hydrogen) atoms. The van der Waals surface area contributed by atoms with Crippen molar-refractivity contribution < 1.29 is 4.42 Å². The molecule has 1 aliphatic rings. The van der Waals surface area contributed by atoms with Gasteiger partial charge in [-0.05, 0) is 42.3 Å². The molecule has 0 spiro atoms. The second kappa shape index (κ2) is 7.09. The van der Waals surface area contributed by atoms with Crippen LogP contribution in [0.15, 0.2) is 28.0 Å². The lowest BCUT2D eigenvalue weighted by Gasteiger charge is -2.12. The number of rotatable bonds is 7. The van der Waals surface area contributed by atoms with Gasteiger partial charge in [0.05, 0.1) is 18.3 Å². The van der Waals surface area contributed by atoms with Gasteiger partial charge in [-0.1, -0.05) is 24.6 Å².